The summed E-state index contributed by atoms with van der Waals surface area (Å²) in [7, 11) is 3.48. The zero-order chi connectivity index (χ0) is 10.6. The molecular formula is C9H15N3OS. The predicted molar refractivity (Wildman–Crippen MR) is 58.7 cm³/mol. The summed E-state index contributed by atoms with van der Waals surface area (Å²) in [4.78, 5) is 17.1. The lowest BCUT2D eigenvalue weighted by atomic mass is 10.4. The highest BCUT2D eigenvalue weighted by molar-refractivity contribution is 7.13. The molecule has 0 aliphatic rings. The number of amides is 1. The molecule has 1 heterocycles. The lowest BCUT2D eigenvalue weighted by Gasteiger charge is -2.09. The van der Waals surface area contributed by atoms with Gasteiger partial charge in [0.2, 0.25) is 5.91 Å². The van der Waals surface area contributed by atoms with Gasteiger partial charge in [0, 0.05) is 19.5 Å². The number of likely N-dealkylation sites (N-methyl/N-ethyl adjacent to an activating group) is 1. The van der Waals surface area contributed by atoms with Gasteiger partial charge in [0.1, 0.15) is 0 Å². The van der Waals surface area contributed by atoms with Crippen LogP contribution in [0.5, 0.6) is 0 Å². The van der Waals surface area contributed by atoms with Crippen molar-refractivity contribution in [2.24, 2.45) is 0 Å². The summed E-state index contributed by atoms with van der Waals surface area (Å²) < 4.78 is 0. The van der Waals surface area contributed by atoms with E-state index in [1.165, 1.54) is 11.3 Å². The van der Waals surface area contributed by atoms with Crippen LogP contribution in [0.1, 0.15) is 12.6 Å². The lowest BCUT2D eigenvalue weighted by Crippen LogP contribution is -2.28. The minimum absolute atomic E-state index is 0.0539. The van der Waals surface area contributed by atoms with Crippen molar-refractivity contribution in [3.8, 4) is 0 Å². The molecule has 0 saturated heterocycles. The number of aryl methyl sites for hydroxylation is 1. The van der Waals surface area contributed by atoms with E-state index < -0.39 is 0 Å². The Labute approximate surface area is 88.0 Å². The van der Waals surface area contributed by atoms with E-state index in [-0.39, 0.29) is 5.91 Å². The predicted octanol–water partition coefficient (Wildman–Crippen LogP) is 1.21. The first-order chi connectivity index (χ1) is 6.63. The number of hydrogen-bond acceptors (Lipinski definition) is 4. The van der Waals surface area contributed by atoms with Crippen molar-refractivity contribution in [3.05, 3.63) is 11.1 Å². The highest BCUT2D eigenvalue weighted by atomic mass is 32.1. The Morgan fingerprint density at radius 1 is 1.64 bits per heavy atom. The quantitative estimate of drug-likeness (QED) is 0.817. The Morgan fingerprint density at radius 3 is 2.86 bits per heavy atom. The average molecular weight is 213 g/mol. The minimum atomic E-state index is 0.0539. The molecule has 0 bridgehead atoms. The van der Waals surface area contributed by atoms with Crippen molar-refractivity contribution in [2.75, 3.05) is 26.0 Å². The van der Waals surface area contributed by atoms with Crippen molar-refractivity contribution < 1.29 is 4.79 Å². The van der Waals surface area contributed by atoms with Crippen LogP contribution in [0.2, 0.25) is 0 Å². The first kappa shape index (κ1) is 11.0. The first-order valence-electron chi connectivity index (χ1n) is 4.52. The molecule has 1 aromatic rings. The summed E-state index contributed by atoms with van der Waals surface area (Å²) in [5.41, 5.74) is 1.06. The Balaban J connectivity index is 2.41. The van der Waals surface area contributed by atoms with E-state index in [9.17, 15) is 4.79 Å². The van der Waals surface area contributed by atoms with Gasteiger partial charge in [-0.15, -0.1) is 11.3 Å². The zero-order valence-electron chi connectivity index (χ0n) is 8.70. The minimum Gasteiger partial charge on any atom is -0.352 e. The molecule has 5 heteroatoms. The second kappa shape index (κ2) is 4.95. The van der Waals surface area contributed by atoms with Crippen LogP contribution in [-0.4, -0.2) is 36.4 Å². The van der Waals surface area contributed by atoms with Crippen LogP contribution in [0.4, 0.5) is 5.13 Å². The van der Waals surface area contributed by atoms with Gasteiger partial charge in [-0.1, -0.05) is 6.92 Å². The van der Waals surface area contributed by atoms with Gasteiger partial charge in [0.25, 0.3) is 0 Å². The maximum absolute atomic E-state index is 11.2. The Kier molecular flexibility index (Phi) is 3.88. The topological polar surface area (TPSA) is 45.2 Å². The number of carbonyl (C=O) groups is 1. The van der Waals surface area contributed by atoms with Crippen LogP contribution in [0.15, 0.2) is 5.38 Å². The van der Waals surface area contributed by atoms with E-state index in [0.717, 1.165) is 17.2 Å². The maximum atomic E-state index is 11.2. The smallest absolute Gasteiger partial charge is 0.241 e. The summed E-state index contributed by atoms with van der Waals surface area (Å²) in [6, 6.07) is 0. The summed E-state index contributed by atoms with van der Waals surface area (Å²) in [5.74, 6) is 0.0539. The van der Waals surface area contributed by atoms with E-state index >= 15 is 0 Å². The third-order valence-electron chi connectivity index (χ3n) is 1.80. The lowest BCUT2D eigenvalue weighted by molar-refractivity contribution is -0.126. The number of rotatable bonds is 4. The molecule has 0 unspecified atom stereocenters. The number of aromatic nitrogens is 1. The van der Waals surface area contributed by atoms with Gasteiger partial charge in [-0.05, 0) is 6.42 Å². The molecule has 0 aliphatic heterocycles. The van der Waals surface area contributed by atoms with E-state index in [1.54, 1.807) is 19.0 Å². The molecule has 0 saturated carbocycles. The van der Waals surface area contributed by atoms with Crippen molar-refractivity contribution in [2.45, 2.75) is 13.3 Å². The summed E-state index contributed by atoms with van der Waals surface area (Å²) in [5, 5.41) is 5.82. The van der Waals surface area contributed by atoms with Crippen LogP contribution >= 0.6 is 11.3 Å². The molecular weight excluding hydrogens is 198 g/mol. The summed E-state index contributed by atoms with van der Waals surface area (Å²) in [6.07, 6.45) is 0.930. The third-order valence-corrected chi connectivity index (χ3v) is 2.65. The third kappa shape index (κ3) is 2.99. The highest BCUT2D eigenvalue weighted by Gasteiger charge is 2.05. The van der Waals surface area contributed by atoms with Gasteiger partial charge in [-0.3, -0.25) is 4.79 Å². The monoisotopic (exact) mass is 213 g/mol. The second-order valence-corrected chi connectivity index (χ2v) is 4.00. The number of nitrogens with one attached hydrogen (secondary N) is 1. The molecule has 1 N–H and O–H groups in total. The summed E-state index contributed by atoms with van der Waals surface area (Å²) in [6.45, 7) is 2.37. The Hall–Kier alpha value is -1.10. The SMILES string of the molecule is CCc1csc(NCC(=O)N(C)C)n1. The van der Waals surface area contributed by atoms with Crippen LogP contribution in [0, 0.1) is 0 Å². The molecule has 0 spiro atoms. The van der Waals surface area contributed by atoms with Gasteiger partial charge >= 0.3 is 0 Å². The highest BCUT2D eigenvalue weighted by Crippen LogP contribution is 2.14. The van der Waals surface area contributed by atoms with Crippen molar-refractivity contribution >= 4 is 22.4 Å². The Bertz CT molecular complexity index is 309. The molecule has 1 aromatic heterocycles. The van der Waals surface area contributed by atoms with Crippen LogP contribution < -0.4 is 5.32 Å². The molecule has 0 aliphatic carbocycles. The van der Waals surface area contributed by atoms with Crippen molar-refractivity contribution in [1.82, 2.24) is 9.88 Å². The Morgan fingerprint density at radius 2 is 2.36 bits per heavy atom. The molecule has 0 aromatic carbocycles. The fourth-order valence-electron chi connectivity index (χ4n) is 0.860. The van der Waals surface area contributed by atoms with E-state index in [0.29, 0.717) is 6.54 Å². The molecule has 0 atom stereocenters. The molecule has 78 valence electrons. The molecule has 0 fully saturated rings. The molecule has 0 radical (unpaired) electrons. The van der Waals surface area contributed by atoms with Gasteiger partial charge in [-0.25, -0.2) is 4.98 Å². The van der Waals surface area contributed by atoms with Crippen LogP contribution in [0.25, 0.3) is 0 Å². The van der Waals surface area contributed by atoms with Crippen LogP contribution in [-0.2, 0) is 11.2 Å². The number of thiazole rings is 1. The fourth-order valence-corrected chi connectivity index (χ4v) is 1.65. The van der Waals surface area contributed by atoms with E-state index in [2.05, 4.69) is 17.2 Å². The largest absolute Gasteiger partial charge is 0.352 e. The zero-order valence-corrected chi connectivity index (χ0v) is 9.52. The number of anilines is 1. The average Bonchev–Trinajstić information content (AvgIpc) is 2.61. The summed E-state index contributed by atoms with van der Waals surface area (Å²) >= 11 is 1.53. The molecule has 1 amide bonds. The van der Waals surface area contributed by atoms with Gasteiger partial charge in [0.15, 0.2) is 5.13 Å². The van der Waals surface area contributed by atoms with E-state index in [1.807, 2.05) is 5.38 Å². The second-order valence-electron chi connectivity index (χ2n) is 3.14. The number of hydrogen-bond donors (Lipinski definition) is 1. The molecule has 1 rings (SSSR count). The first-order valence-corrected chi connectivity index (χ1v) is 5.40. The van der Waals surface area contributed by atoms with E-state index in [4.69, 9.17) is 0 Å². The van der Waals surface area contributed by atoms with Crippen molar-refractivity contribution in [1.29, 1.82) is 0 Å². The maximum Gasteiger partial charge on any atom is 0.241 e. The molecule has 4 nitrogen and oxygen atoms in total. The molecule has 14 heavy (non-hydrogen) atoms. The van der Waals surface area contributed by atoms with Gasteiger partial charge in [0.05, 0.1) is 12.2 Å². The van der Waals surface area contributed by atoms with Crippen LogP contribution in [0.3, 0.4) is 0 Å². The van der Waals surface area contributed by atoms with Gasteiger partial charge < -0.3 is 10.2 Å². The van der Waals surface area contributed by atoms with Crippen molar-refractivity contribution in [3.63, 3.8) is 0 Å². The number of nitrogens with zero attached hydrogens (tertiary/aromatic N) is 2. The number of carbonyl (C=O) groups excluding carboxylic acids is 1. The fraction of sp³-hybridized carbons (Fsp3) is 0.556. The van der Waals surface area contributed by atoms with Gasteiger partial charge in [-0.2, -0.15) is 0 Å². The standard InChI is InChI=1S/C9H15N3OS/c1-4-7-6-14-9(11-7)10-5-8(13)12(2)3/h6H,4-5H2,1-3H3,(H,10,11). The normalized spacial score (nSPS) is 9.93.